The fourth-order valence-corrected chi connectivity index (χ4v) is 4.65. The number of unbranched alkanes of at least 4 members (excludes halogenated alkanes) is 4. The number of nitrogens with zero attached hydrogens (tertiary/aromatic N) is 2. The van der Waals surface area contributed by atoms with E-state index in [1.807, 2.05) is 17.8 Å². The summed E-state index contributed by atoms with van der Waals surface area (Å²) in [6, 6.07) is 7.93. The molecule has 1 aliphatic rings. The average Bonchev–Trinajstić information content (AvgIpc) is 3.19. The highest BCUT2D eigenvalue weighted by atomic mass is 32.2. The van der Waals surface area contributed by atoms with Crippen molar-refractivity contribution in [2.75, 3.05) is 23.8 Å². The molecule has 6 heteroatoms. The summed E-state index contributed by atoms with van der Waals surface area (Å²) >= 11 is 1.89. The van der Waals surface area contributed by atoms with Crippen LogP contribution in [0.15, 0.2) is 41.6 Å². The van der Waals surface area contributed by atoms with Crippen molar-refractivity contribution in [3.63, 3.8) is 0 Å². The fraction of sp³-hybridized carbons (Fsp3) is 0.458. The summed E-state index contributed by atoms with van der Waals surface area (Å²) in [6.07, 6.45) is 10.2. The number of thioether (sulfide) groups is 1. The lowest BCUT2D eigenvalue weighted by atomic mass is 10.1. The Morgan fingerprint density at radius 3 is 2.73 bits per heavy atom. The Hall–Kier alpha value is -2.34. The van der Waals surface area contributed by atoms with Crippen LogP contribution in [-0.2, 0) is 11.2 Å². The summed E-state index contributed by atoms with van der Waals surface area (Å²) in [5.74, 6) is 0.431. The third-order valence-corrected chi connectivity index (χ3v) is 6.34. The van der Waals surface area contributed by atoms with Crippen LogP contribution in [0.1, 0.15) is 72.2 Å². The van der Waals surface area contributed by atoms with Crippen molar-refractivity contribution in [3.05, 3.63) is 53.3 Å². The Labute approximate surface area is 183 Å². The third-order valence-electron chi connectivity index (χ3n) is 5.26. The van der Waals surface area contributed by atoms with Gasteiger partial charge in [0.25, 0.3) is 5.91 Å². The number of rotatable bonds is 10. The normalized spacial score (nSPS) is 12.7. The van der Waals surface area contributed by atoms with Gasteiger partial charge in [-0.25, -0.2) is 4.79 Å². The van der Waals surface area contributed by atoms with Gasteiger partial charge in [-0.05, 0) is 55.3 Å². The number of pyridine rings is 1. The van der Waals surface area contributed by atoms with Crippen molar-refractivity contribution < 1.29 is 14.3 Å². The van der Waals surface area contributed by atoms with Gasteiger partial charge in [0.15, 0.2) is 0 Å². The van der Waals surface area contributed by atoms with Crippen molar-refractivity contribution in [1.82, 2.24) is 4.98 Å². The van der Waals surface area contributed by atoms with Crippen LogP contribution in [0.3, 0.4) is 0 Å². The Kier molecular flexibility index (Phi) is 8.31. The molecule has 3 rings (SSSR count). The molecule has 160 valence electrons. The van der Waals surface area contributed by atoms with Gasteiger partial charge in [-0.3, -0.25) is 9.78 Å². The zero-order valence-electron chi connectivity index (χ0n) is 17.9. The van der Waals surface area contributed by atoms with E-state index in [1.54, 1.807) is 17.9 Å². The number of hydrogen-bond acceptors (Lipinski definition) is 5. The molecule has 0 radical (unpaired) electrons. The van der Waals surface area contributed by atoms with Gasteiger partial charge in [0, 0.05) is 29.5 Å². The molecule has 0 fully saturated rings. The first-order valence-corrected chi connectivity index (χ1v) is 11.8. The molecule has 2 heterocycles. The molecule has 0 N–H and O–H groups in total. The van der Waals surface area contributed by atoms with Gasteiger partial charge < -0.3 is 9.64 Å². The van der Waals surface area contributed by atoms with Gasteiger partial charge in [-0.15, -0.1) is 11.8 Å². The number of fused-ring (bicyclic) bond motifs is 1. The molecule has 1 aromatic heterocycles. The SMILES string of the molecule is CCCCCCCSc1ccc2c(c1)CCN2C(=O)c1ccncc1C(=O)OCC. The van der Waals surface area contributed by atoms with E-state index in [9.17, 15) is 9.59 Å². The van der Waals surface area contributed by atoms with Crippen LogP contribution in [0.5, 0.6) is 0 Å². The Balaban J connectivity index is 1.67. The highest BCUT2D eigenvalue weighted by Gasteiger charge is 2.29. The zero-order valence-corrected chi connectivity index (χ0v) is 18.7. The Morgan fingerprint density at radius 1 is 1.10 bits per heavy atom. The second-order valence-electron chi connectivity index (χ2n) is 7.40. The van der Waals surface area contributed by atoms with E-state index >= 15 is 0 Å². The van der Waals surface area contributed by atoms with Crippen molar-refractivity contribution in [3.8, 4) is 0 Å². The first-order valence-electron chi connectivity index (χ1n) is 10.8. The van der Waals surface area contributed by atoms with Crippen molar-refractivity contribution in [2.45, 2.75) is 57.3 Å². The van der Waals surface area contributed by atoms with E-state index in [2.05, 4.69) is 24.0 Å². The quantitative estimate of drug-likeness (QED) is 0.284. The van der Waals surface area contributed by atoms with Crippen molar-refractivity contribution in [2.24, 2.45) is 0 Å². The van der Waals surface area contributed by atoms with Crippen molar-refractivity contribution >= 4 is 29.3 Å². The number of amides is 1. The van der Waals surface area contributed by atoms with Gasteiger partial charge in [0.2, 0.25) is 0 Å². The third kappa shape index (κ3) is 5.42. The summed E-state index contributed by atoms with van der Waals surface area (Å²) < 4.78 is 5.08. The number of esters is 1. The molecule has 0 saturated carbocycles. The Morgan fingerprint density at radius 2 is 1.93 bits per heavy atom. The van der Waals surface area contributed by atoms with E-state index in [0.29, 0.717) is 12.1 Å². The average molecular weight is 427 g/mol. The summed E-state index contributed by atoms with van der Waals surface area (Å²) in [7, 11) is 0. The molecule has 0 bridgehead atoms. The van der Waals surface area contributed by atoms with E-state index < -0.39 is 5.97 Å². The highest BCUT2D eigenvalue weighted by Crippen LogP contribution is 2.33. The second kappa shape index (κ2) is 11.2. The number of carbonyl (C=O) groups excluding carboxylic acids is 2. The molecule has 0 saturated heterocycles. The summed E-state index contributed by atoms with van der Waals surface area (Å²) in [6.45, 7) is 4.85. The molecule has 5 nitrogen and oxygen atoms in total. The standard InChI is InChI=1S/C24H30N2O3S/c1-3-5-6-7-8-15-30-19-9-10-22-18(16-19)12-14-26(22)23(27)20-11-13-25-17-21(20)24(28)29-4-2/h9-11,13,16-17H,3-8,12,14-15H2,1-2H3. The number of anilines is 1. The topological polar surface area (TPSA) is 59.5 Å². The largest absolute Gasteiger partial charge is 0.462 e. The molecular weight excluding hydrogens is 396 g/mol. The monoisotopic (exact) mass is 426 g/mol. The number of aromatic nitrogens is 1. The van der Waals surface area contributed by atoms with E-state index in [0.717, 1.165) is 17.9 Å². The smallest absolute Gasteiger partial charge is 0.340 e. The van der Waals surface area contributed by atoms with Gasteiger partial charge >= 0.3 is 5.97 Å². The maximum Gasteiger partial charge on any atom is 0.340 e. The predicted octanol–water partition coefficient (Wildman–Crippen LogP) is 5.52. The number of carbonyl (C=O) groups is 2. The van der Waals surface area contributed by atoms with E-state index in [-0.39, 0.29) is 18.1 Å². The molecule has 1 aromatic carbocycles. The number of hydrogen-bond donors (Lipinski definition) is 0. The van der Waals surface area contributed by atoms with Gasteiger partial charge in [-0.1, -0.05) is 32.6 Å². The van der Waals surface area contributed by atoms with Crippen molar-refractivity contribution in [1.29, 1.82) is 0 Å². The molecule has 30 heavy (non-hydrogen) atoms. The molecule has 0 atom stereocenters. The first-order chi connectivity index (χ1) is 14.7. The van der Waals surface area contributed by atoms with E-state index in [1.165, 1.54) is 55.0 Å². The molecule has 0 aliphatic carbocycles. The van der Waals surface area contributed by atoms with Crippen LogP contribution in [0.4, 0.5) is 5.69 Å². The van der Waals surface area contributed by atoms with Crippen LogP contribution in [-0.4, -0.2) is 35.8 Å². The van der Waals surface area contributed by atoms with Crippen LogP contribution in [0.25, 0.3) is 0 Å². The minimum absolute atomic E-state index is 0.185. The number of ether oxygens (including phenoxy) is 1. The molecule has 0 unspecified atom stereocenters. The molecule has 1 amide bonds. The zero-order chi connectivity index (χ0) is 21.3. The fourth-order valence-electron chi connectivity index (χ4n) is 3.67. The minimum atomic E-state index is -0.515. The lowest BCUT2D eigenvalue weighted by Gasteiger charge is -2.19. The molecule has 2 aromatic rings. The summed E-state index contributed by atoms with van der Waals surface area (Å²) in [4.78, 5) is 32.4. The summed E-state index contributed by atoms with van der Waals surface area (Å²) in [5.41, 5.74) is 2.67. The molecule has 0 spiro atoms. The second-order valence-corrected chi connectivity index (χ2v) is 8.57. The lowest BCUT2D eigenvalue weighted by molar-refractivity contribution is 0.0522. The predicted molar refractivity (Wildman–Crippen MR) is 121 cm³/mol. The van der Waals surface area contributed by atoms with Gasteiger partial charge in [0.1, 0.15) is 0 Å². The van der Waals surface area contributed by atoms with Crippen LogP contribution in [0, 0.1) is 0 Å². The Bertz CT molecular complexity index is 885. The van der Waals surface area contributed by atoms with Crippen LogP contribution < -0.4 is 4.90 Å². The molecule has 1 aliphatic heterocycles. The van der Waals surface area contributed by atoms with Gasteiger partial charge in [-0.2, -0.15) is 0 Å². The number of benzene rings is 1. The maximum atomic E-state index is 13.2. The van der Waals surface area contributed by atoms with Crippen LogP contribution >= 0.6 is 11.8 Å². The van der Waals surface area contributed by atoms with Crippen LogP contribution in [0.2, 0.25) is 0 Å². The minimum Gasteiger partial charge on any atom is -0.462 e. The molecular formula is C24H30N2O3S. The van der Waals surface area contributed by atoms with E-state index in [4.69, 9.17) is 4.74 Å². The maximum absolute atomic E-state index is 13.2. The van der Waals surface area contributed by atoms with Gasteiger partial charge in [0.05, 0.1) is 17.7 Å². The lowest BCUT2D eigenvalue weighted by Crippen LogP contribution is -2.30. The first kappa shape index (κ1) is 22.3. The summed E-state index contributed by atoms with van der Waals surface area (Å²) in [5, 5.41) is 0. The highest BCUT2D eigenvalue weighted by molar-refractivity contribution is 7.99.